The zero-order chi connectivity index (χ0) is 13.1. The third-order valence-corrected chi connectivity index (χ3v) is 3.44. The number of fused-ring (bicyclic) bond motifs is 1. The van der Waals surface area contributed by atoms with Crippen molar-refractivity contribution in [2.24, 2.45) is 0 Å². The van der Waals surface area contributed by atoms with Gasteiger partial charge < -0.3 is 14.5 Å². The van der Waals surface area contributed by atoms with Crippen LogP contribution in [-0.4, -0.2) is 43.2 Å². The Kier molecular flexibility index (Phi) is 3.66. The number of oxazole rings is 1. The maximum Gasteiger partial charge on any atom is 0.209 e. The first kappa shape index (κ1) is 12.4. The van der Waals surface area contributed by atoms with Gasteiger partial charge in [0.15, 0.2) is 11.1 Å². The summed E-state index contributed by atoms with van der Waals surface area (Å²) in [7, 11) is 1.66. The molecule has 0 bridgehead atoms. The van der Waals surface area contributed by atoms with Crippen LogP contribution in [0.15, 0.2) is 22.6 Å². The second kappa shape index (κ2) is 5.59. The monoisotopic (exact) mass is 261 g/mol. The van der Waals surface area contributed by atoms with Gasteiger partial charge in [-0.25, -0.2) is 4.98 Å². The van der Waals surface area contributed by atoms with Crippen LogP contribution >= 0.6 is 0 Å². The zero-order valence-corrected chi connectivity index (χ0v) is 11.2. The van der Waals surface area contributed by atoms with Gasteiger partial charge >= 0.3 is 0 Å². The quantitative estimate of drug-likeness (QED) is 0.910. The number of nitrogens with one attached hydrogen (secondary N) is 1. The van der Waals surface area contributed by atoms with E-state index in [1.54, 1.807) is 7.11 Å². The van der Waals surface area contributed by atoms with E-state index in [1.807, 2.05) is 18.2 Å². The van der Waals surface area contributed by atoms with Crippen molar-refractivity contribution in [1.29, 1.82) is 0 Å². The molecule has 2 aromatic rings. The van der Waals surface area contributed by atoms with E-state index < -0.39 is 0 Å². The van der Waals surface area contributed by atoms with E-state index in [-0.39, 0.29) is 0 Å². The van der Waals surface area contributed by atoms with Crippen molar-refractivity contribution in [1.82, 2.24) is 15.2 Å². The molecule has 0 aliphatic carbocycles. The van der Waals surface area contributed by atoms with Crippen molar-refractivity contribution in [2.75, 3.05) is 33.3 Å². The number of hydrogen-bond donors (Lipinski definition) is 1. The van der Waals surface area contributed by atoms with Gasteiger partial charge in [-0.2, -0.15) is 0 Å². The maximum atomic E-state index is 5.80. The Morgan fingerprint density at radius 2 is 2.32 bits per heavy atom. The Bertz CT molecular complexity index is 545. The van der Waals surface area contributed by atoms with Gasteiger partial charge in [0.05, 0.1) is 13.7 Å². The molecule has 1 aromatic heterocycles. The molecular formula is C14H19N3O2. The molecule has 2 heterocycles. The number of para-hydroxylation sites is 1. The van der Waals surface area contributed by atoms with Gasteiger partial charge in [0, 0.05) is 13.1 Å². The van der Waals surface area contributed by atoms with E-state index in [0.29, 0.717) is 0 Å². The molecule has 19 heavy (non-hydrogen) atoms. The highest BCUT2D eigenvalue weighted by atomic mass is 16.5. The topological polar surface area (TPSA) is 50.5 Å². The maximum absolute atomic E-state index is 5.80. The summed E-state index contributed by atoms with van der Waals surface area (Å²) >= 11 is 0. The molecule has 0 radical (unpaired) electrons. The molecule has 5 heteroatoms. The Hall–Kier alpha value is -1.59. The average Bonchev–Trinajstić information content (AvgIpc) is 2.66. The second-order valence-corrected chi connectivity index (χ2v) is 4.79. The number of benzene rings is 1. The fourth-order valence-electron chi connectivity index (χ4n) is 2.45. The molecule has 0 saturated carbocycles. The molecule has 1 aliphatic heterocycles. The summed E-state index contributed by atoms with van der Waals surface area (Å²) in [5.41, 5.74) is 1.61. The Labute approximate surface area is 112 Å². The van der Waals surface area contributed by atoms with Gasteiger partial charge in [-0.3, -0.25) is 4.90 Å². The largest absolute Gasteiger partial charge is 0.494 e. The number of rotatable bonds is 3. The molecular weight excluding hydrogens is 242 g/mol. The van der Waals surface area contributed by atoms with E-state index in [9.17, 15) is 0 Å². The lowest BCUT2D eigenvalue weighted by Gasteiger charge is -2.16. The van der Waals surface area contributed by atoms with Crippen molar-refractivity contribution in [3.05, 3.63) is 24.1 Å². The SMILES string of the molecule is COc1cccc2oc(CN3CCCNCC3)nc12. The van der Waals surface area contributed by atoms with Crippen LogP contribution in [0.4, 0.5) is 0 Å². The lowest BCUT2D eigenvalue weighted by molar-refractivity contribution is 0.257. The smallest absolute Gasteiger partial charge is 0.209 e. The second-order valence-electron chi connectivity index (χ2n) is 4.79. The van der Waals surface area contributed by atoms with Crippen LogP contribution in [0.5, 0.6) is 5.75 Å². The summed E-state index contributed by atoms with van der Waals surface area (Å²) in [5.74, 6) is 1.53. The minimum absolute atomic E-state index is 0.763. The molecule has 5 nitrogen and oxygen atoms in total. The van der Waals surface area contributed by atoms with E-state index in [4.69, 9.17) is 9.15 Å². The Balaban J connectivity index is 1.81. The summed E-state index contributed by atoms with van der Waals surface area (Å²) in [6.45, 7) is 5.01. The molecule has 102 valence electrons. The van der Waals surface area contributed by atoms with Crippen LogP contribution in [0.3, 0.4) is 0 Å². The van der Waals surface area contributed by atoms with E-state index in [0.717, 1.165) is 55.5 Å². The highest BCUT2D eigenvalue weighted by Crippen LogP contribution is 2.25. The standard InChI is InChI=1S/C14H19N3O2/c1-18-11-4-2-5-12-14(11)16-13(19-12)10-17-8-3-6-15-7-9-17/h2,4-5,15H,3,6-10H2,1H3. The van der Waals surface area contributed by atoms with E-state index in [1.165, 1.54) is 6.42 Å². The fraction of sp³-hybridized carbons (Fsp3) is 0.500. The molecule has 1 fully saturated rings. The minimum atomic E-state index is 0.763. The van der Waals surface area contributed by atoms with Crippen molar-refractivity contribution in [2.45, 2.75) is 13.0 Å². The third kappa shape index (κ3) is 2.72. The van der Waals surface area contributed by atoms with Crippen LogP contribution in [0, 0.1) is 0 Å². The molecule has 0 unspecified atom stereocenters. The predicted molar refractivity (Wildman–Crippen MR) is 73.3 cm³/mol. The number of aromatic nitrogens is 1. The molecule has 1 aromatic carbocycles. The molecule has 3 rings (SSSR count). The first-order valence-electron chi connectivity index (χ1n) is 6.72. The average molecular weight is 261 g/mol. The van der Waals surface area contributed by atoms with Gasteiger partial charge in [0.2, 0.25) is 5.89 Å². The van der Waals surface area contributed by atoms with Crippen LogP contribution in [0.2, 0.25) is 0 Å². The van der Waals surface area contributed by atoms with E-state index in [2.05, 4.69) is 15.2 Å². The van der Waals surface area contributed by atoms with Crippen LogP contribution in [-0.2, 0) is 6.54 Å². The summed E-state index contributed by atoms with van der Waals surface area (Å²) in [6.07, 6.45) is 1.17. The van der Waals surface area contributed by atoms with Gasteiger partial charge in [-0.1, -0.05) is 6.07 Å². The minimum Gasteiger partial charge on any atom is -0.494 e. The predicted octanol–water partition coefficient (Wildman–Crippen LogP) is 1.63. The zero-order valence-electron chi connectivity index (χ0n) is 11.2. The number of methoxy groups -OCH3 is 1. The Morgan fingerprint density at radius 1 is 1.37 bits per heavy atom. The first-order valence-corrected chi connectivity index (χ1v) is 6.72. The molecule has 0 amide bonds. The number of ether oxygens (including phenoxy) is 1. The third-order valence-electron chi connectivity index (χ3n) is 3.44. The van der Waals surface area contributed by atoms with Gasteiger partial charge in [0.25, 0.3) is 0 Å². The van der Waals surface area contributed by atoms with Crippen LogP contribution in [0.1, 0.15) is 12.3 Å². The summed E-state index contributed by atoms with van der Waals surface area (Å²) in [5, 5.41) is 3.40. The summed E-state index contributed by atoms with van der Waals surface area (Å²) in [6, 6.07) is 5.76. The molecule has 0 atom stereocenters. The summed E-state index contributed by atoms with van der Waals surface area (Å²) in [4.78, 5) is 6.93. The fourth-order valence-corrected chi connectivity index (χ4v) is 2.45. The number of nitrogens with zero attached hydrogens (tertiary/aromatic N) is 2. The first-order chi connectivity index (χ1) is 9.36. The molecule has 1 N–H and O–H groups in total. The highest BCUT2D eigenvalue weighted by molar-refractivity contribution is 5.79. The van der Waals surface area contributed by atoms with Crippen molar-refractivity contribution < 1.29 is 9.15 Å². The molecule has 1 saturated heterocycles. The van der Waals surface area contributed by atoms with Crippen LogP contribution < -0.4 is 10.1 Å². The van der Waals surface area contributed by atoms with E-state index >= 15 is 0 Å². The molecule has 1 aliphatic rings. The van der Waals surface area contributed by atoms with Gasteiger partial charge in [-0.05, 0) is 31.6 Å². The molecule has 0 spiro atoms. The lowest BCUT2D eigenvalue weighted by atomic mass is 10.3. The van der Waals surface area contributed by atoms with Gasteiger partial charge in [-0.15, -0.1) is 0 Å². The highest BCUT2D eigenvalue weighted by Gasteiger charge is 2.14. The van der Waals surface area contributed by atoms with Crippen molar-refractivity contribution in [3.8, 4) is 5.75 Å². The van der Waals surface area contributed by atoms with Crippen LogP contribution in [0.25, 0.3) is 11.1 Å². The normalized spacial score (nSPS) is 17.5. The lowest BCUT2D eigenvalue weighted by Crippen LogP contribution is -2.27. The van der Waals surface area contributed by atoms with Crippen molar-refractivity contribution >= 4 is 11.1 Å². The summed E-state index contributed by atoms with van der Waals surface area (Å²) < 4.78 is 11.1. The number of hydrogen-bond acceptors (Lipinski definition) is 5. The van der Waals surface area contributed by atoms with Crippen molar-refractivity contribution in [3.63, 3.8) is 0 Å². The van der Waals surface area contributed by atoms with Gasteiger partial charge in [0.1, 0.15) is 5.75 Å². The Morgan fingerprint density at radius 3 is 3.21 bits per heavy atom.